The highest BCUT2D eigenvalue weighted by Crippen LogP contribution is 2.31. The molecule has 1 saturated carbocycles. The molecule has 2 N–H and O–H groups in total. The molecule has 2 aromatic heterocycles. The highest BCUT2D eigenvalue weighted by atomic mass is 16.5. The van der Waals surface area contributed by atoms with Crippen LogP contribution in [0.1, 0.15) is 48.0 Å². The predicted octanol–water partition coefficient (Wildman–Crippen LogP) is 6.00. The number of nitrogens with one attached hydrogen (secondary N) is 2. The van der Waals surface area contributed by atoms with Gasteiger partial charge in [-0.1, -0.05) is 25.3 Å². The lowest BCUT2D eigenvalue weighted by molar-refractivity contribution is 0.0927. The standard InChI is InChI=1S/C29H32N6O2/c1-19-14-22(33-28-24-16-27(35(2)3)30-17-25(24)31-18-32-28)12-13-26(19)37-23-11-7-8-20(15-23)29(36)34-21-9-5-4-6-10-21/h7-8,11-18,21H,4-6,9-10H2,1-3H3,(H,34,36)(H,31,32,33). The molecule has 0 bridgehead atoms. The van der Waals surface area contributed by atoms with Crippen LogP contribution in [0.25, 0.3) is 10.9 Å². The number of ether oxygens (including phenoxy) is 1. The topological polar surface area (TPSA) is 92.3 Å². The number of amides is 1. The van der Waals surface area contributed by atoms with Gasteiger partial charge in [-0.25, -0.2) is 15.0 Å². The maximum Gasteiger partial charge on any atom is 0.251 e. The highest BCUT2D eigenvalue weighted by molar-refractivity contribution is 5.95. The summed E-state index contributed by atoms with van der Waals surface area (Å²) in [4.78, 5) is 27.9. The SMILES string of the molecule is Cc1cc(Nc2ncnc3cnc(N(C)C)cc23)ccc1Oc1cccc(C(=O)NC2CCCCC2)c1. The summed E-state index contributed by atoms with van der Waals surface area (Å²) in [6.07, 6.45) is 9.01. The third kappa shape index (κ3) is 5.80. The number of carbonyl (C=O) groups excluding carboxylic acids is 1. The molecule has 0 unspecified atom stereocenters. The Kier molecular flexibility index (Phi) is 7.16. The van der Waals surface area contributed by atoms with Gasteiger partial charge in [-0.05, 0) is 67.8 Å². The molecule has 37 heavy (non-hydrogen) atoms. The average molecular weight is 497 g/mol. The quantitative estimate of drug-likeness (QED) is 0.324. The number of anilines is 3. The number of pyridine rings is 1. The average Bonchev–Trinajstić information content (AvgIpc) is 2.91. The van der Waals surface area contributed by atoms with Gasteiger partial charge < -0.3 is 20.3 Å². The maximum atomic E-state index is 12.8. The van der Waals surface area contributed by atoms with E-state index in [1.165, 1.54) is 25.6 Å². The van der Waals surface area contributed by atoms with Crippen LogP contribution in [0.3, 0.4) is 0 Å². The third-order valence-electron chi connectivity index (χ3n) is 6.67. The predicted molar refractivity (Wildman–Crippen MR) is 147 cm³/mol. The molecule has 0 atom stereocenters. The fourth-order valence-electron chi connectivity index (χ4n) is 4.61. The van der Waals surface area contributed by atoms with Crippen LogP contribution in [0.4, 0.5) is 17.3 Å². The molecule has 0 spiro atoms. The molecule has 2 aromatic carbocycles. The lowest BCUT2D eigenvalue weighted by atomic mass is 9.95. The second-order valence-corrected chi connectivity index (χ2v) is 9.72. The van der Waals surface area contributed by atoms with E-state index < -0.39 is 0 Å². The summed E-state index contributed by atoms with van der Waals surface area (Å²) < 4.78 is 6.16. The Bertz CT molecular complexity index is 1410. The molecule has 2 heterocycles. The summed E-state index contributed by atoms with van der Waals surface area (Å²) in [5.41, 5.74) is 3.22. The minimum atomic E-state index is -0.0432. The van der Waals surface area contributed by atoms with E-state index in [-0.39, 0.29) is 11.9 Å². The van der Waals surface area contributed by atoms with Crippen molar-refractivity contribution in [3.05, 3.63) is 72.2 Å². The van der Waals surface area contributed by atoms with Gasteiger partial charge in [0.1, 0.15) is 29.5 Å². The fraction of sp³-hybridized carbons (Fsp3) is 0.310. The van der Waals surface area contributed by atoms with Gasteiger partial charge in [-0.2, -0.15) is 0 Å². The number of fused-ring (bicyclic) bond motifs is 1. The van der Waals surface area contributed by atoms with E-state index in [0.717, 1.165) is 46.6 Å². The van der Waals surface area contributed by atoms with Crippen LogP contribution >= 0.6 is 0 Å². The van der Waals surface area contributed by atoms with Crippen molar-refractivity contribution < 1.29 is 9.53 Å². The zero-order valence-electron chi connectivity index (χ0n) is 21.5. The van der Waals surface area contributed by atoms with Crippen LogP contribution in [0.2, 0.25) is 0 Å². The van der Waals surface area contributed by atoms with Crippen molar-refractivity contribution in [1.29, 1.82) is 0 Å². The van der Waals surface area contributed by atoms with Crippen molar-refractivity contribution in [2.75, 3.05) is 24.3 Å². The van der Waals surface area contributed by atoms with Crippen LogP contribution in [0.5, 0.6) is 11.5 Å². The van der Waals surface area contributed by atoms with E-state index in [4.69, 9.17) is 4.74 Å². The van der Waals surface area contributed by atoms with Gasteiger partial charge in [0.05, 0.1) is 11.7 Å². The van der Waals surface area contributed by atoms with E-state index in [2.05, 4.69) is 25.6 Å². The van der Waals surface area contributed by atoms with Gasteiger partial charge in [0.2, 0.25) is 0 Å². The summed E-state index contributed by atoms with van der Waals surface area (Å²) >= 11 is 0. The van der Waals surface area contributed by atoms with Gasteiger partial charge in [0.15, 0.2) is 0 Å². The monoisotopic (exact) mass is 496 g/mol. The molecule has 1 aliphatic rings. The van der Waals surface area contributed by atoms with Crippen molar-refractivity contribution >= 4 is 34.1 Å². The molecular formula is C29H32N6O2. The first-order valence-corrected chi connectivity index (χ1v) is 12.7. The normalized spacial score (nSPS) is 13.8. The van der Waals surface area contributed by atoms with Crippen molar-refractivity contribution in [3.8, 4) is 11.5 Å². The van der Waals surface area contributed by atoms with Gasteiger partial charge in [-0.3, -0.25) is 4.79 Å². The first kappa shape index (κ1) is 24.5. The van der Waals surface area contributed by atoms with Gasteiger partial charge in [0, 0.05) is 36.8 Å². The Morgan fingerprint density at radius 2 is 1.84 bits per heavy atom. The molecule has 1 amide bonds. The first-order chi connectivity index (χ1) is 18.0. The number of benzene rings is 2. The molecule has 8 heteroatoms. The molecule has 8 nitrogen and oxygen atoms in total. The lowest BCUT2D eigenvalue weighted by Crippen LogP contribution is -2.36. The zero-order valence-corrected chi connectivity index (χ0v) is 21.5. The molecule has 1 fully saturated rings. The van der Waals surface area contributed by atoms with E-state index in [9.17, 15) is 4.79 Å². The Morgan fingerprint density at radius 3 is 2.62 bits per heavy atom. The molecule has 0 saturated heterocycles. The molecule has 5 rings (SSSR count). The second-order valence-electron chi connectivity index (χ2n) is 9.72. The molecular weight excluding hydrogens is 464 g/mol. The lowest BCUT2D eigenvalue weighted by Gasteiger charge is -2.22. The summed E-state index contributed by atoms with van der Waals surface area (Å²) in [5, 5.41) is 7.46. The summed E-state index contributed by atoms with van der Waals surface area (Å²) in [7, 11) is 3.90. The Hall–Kier alpha value is -4.20. The first-order valence-electron chi connectivity index (χ1n) is 12.7. The van der Waals surface area contributed by atoms with E-state index in [0.29, 0.717) is 17.1 Å². The van der Waals surface area contributed by atoms with Crippen molar-refractivity contribution in [2.24, 2.45) is 0 Å². The Balaban J connectivity index is 1.30. The van der Waals surface area contributed by atoms with E-state index in [1.54, 1.807) is 12.3 Å². The number of hydrogen-bond acceptors (Lipinski definition) is 7. The fourth-order valence-corrected chi connectivity index (χ4v) is 4.61. The minimum absolute atomic E-state index is 0.0432. The van der Waals surface area contributed by atoms with Gasteiger partial charge in [-0.15, -0.1) is 0 Å². The highest BCUT2D eigenvalue weighted by Gasteiger charge is 2.17. The van der Waals surface area contributed by atoms with Crippen LogP contribution in [-0.4, -0.2) is 41.0 Å². The number of aromatic nitrogens is 3. The second kappa shape index (κ2) is 10.8. The van der Waals surface area contributed by atoms with Gasteiger partial charge in [0.25, 0.3) is 5.91 Å². The number of rotatable bonds is 7. The van der Waals surface area contributed by atoms with Crippen LogP contribution in [0, 0.1) is 6.92 Å². The van der Waals surface area contributed by atoms with E-state index >= 15 is 0 Å². The van der Waals surface area contributed by atoms with Crippen LogP contribution in [-0.2, 0) is 0 Å². The Morgan fingerprint density at radius 1 is 1.00 bits per heavy atom. The maximum absolute atomic E-state index is 12.8. The molecule has 4 aromatic rings. The number of aryl methyl sites for hydroxylation is 1. The summed E-state index contributed by atoms with van der Waals surface area (Å²) in [5.74, 6) is 2.85. The summed E-state index contributed by atoms with van der Waals surface area (Å²) in [6, 6.07) is 15.5. The molecule has 1 aliphatic carbocycles. The molecule has 0 aliphatic heterocycles. The van der Waals surface area contributed by atoms with Crippen molar-refractivity contribution in [3.63, 3.8) is 0 Å². The number of hydrogen-bond donors (Lipinski definition) is 2. The number of carbonyl (C=O) groups is 1. The molecule has 0 radical (unpaired) electrons. The van der Waals surface area contributed by atoms with Crippen molar-refractivity contribution in [1.82, 2.24) is 20.3 Å². The number of nitrogens with zero attached hydrogens (tertiary/aromatic N) is 4. The zero-order chi connectivity index (χ0) is 25.8. The largest absolute Gasteiger partial charge is 0.457 e. The minimum Gasteiger partial charge on any atom is -0.457 e. The Labute approximate surface area is 217 Å². The molecule has 190 valence electrons. The van der Waals surface area contributed by atoms with Gasteiger partial charge >= 0.3 is 0 Å². The third-order valence-corrected chi connectivity index (χ3v) is 6.67. The van der Waals surface area contributed by atoms with Crippen molar-refractivity contribution in [2.45, 2.75) is 45.1 Å². The summed E-state index contributed by atoms with van der Waals surface area (Å²) in [6.45, 7) is 1.99. The van der Waals surface area contributed by atoms with Crippen LogP contribution < -0.4 is 20.3 Å². The van der Waals surface area contributed by atoms with E-state index in [1.807, 2.05) is 68.4 Å². The smallest absolute Gasteiger partial charge is 0.251 e. The van der Waals surface area contributed by atoms with Crippen LogP contribution in [0.15, 0.2) is 61.1 Å².